The molecule has 4 rings (SSSR count). The first kappa shape index (κ1) is 21.6. The third-order valence-electron chi connectivity index (χ3n) is 5.48. The van der Waals surface area contributed by atoms with Gasteiger partial charge < -0.3 is 10.1 Å². The molecular weight excluding hydrogens is 400 g/mol. The number of hydrogen-bond acceptors (Lipinski definition) is 4. The number of nitrogens with one attached hydrogen (secondary N) is 1. The van der Waals surface area contributed by atoms with Crippen LogP contribution < -0.4 is 10.1 Å². The number of hydrogen-bond donors (Lipinski definition) is 1. The maximum Gasteiger partial charge on any atom is 0.262 e. The van der Waals surface area contributed by atoms with Crippen LogP contribution in [0.2, 0.25) is 0 Å². The van der Waals surface area contributed by atoms with Crippen LogP contribution in [0, 0.1) is 20.8 Å². The number of carbonyl (C=O) groups excluding carboxylic acids is 1. The van der Waals surface area contributed by atoms with Gasteiger partial charge in [-0.25, -0.2) is 4.68 Å². The number of amides is 1. The predicted molar refractivity (Wildman–Crippen MR) is 128 cm³/mol. The zero-order chi connectivity index (χ0) is 22.8. The van der Waals surface area contributed by atoms with Crippen molar-refractivity contribution in [2.45, 2.75) is 40.5 Å². The van der Waals surface area contributed by atoms with E-state index in [1.54, 1.807) is 0 Å². The lowest BCUT2D eigenvalue weighted by molar-refractivity contribution is -0.118. The van der Waals surface area contributed by atoms with Crippen LogP contribution in [0.4, 0.5) is 5.69 Å². The summed E-state index contributed by atoms with van der Waals surface area (Å²) < 4.78 is 7.57. The van der Waals surface area contributed by atoms with E-state index in [0.29, 0.717) is 17.4 Å². The number of rotatable bonds is 6. The van der Waals surface area contributed by atoms with Crippen LogP contribution in [0.1, 0.15) is 42.1 Å². The van der Waals surface area contributed by atoms with Gasteiger partial charge in [0.15, 0.2) is 12.3 Å². The molecule has 0 radical (unpaired) electrons. The number of nitrogens with zero attached hydrogens (tertiary/aromatic N) is 3. The number of pyridine rings is 1. The van der Waals surface area contributed by atoms with E-state index in [-0.39, 0.29) is 12.5 Å². The highest BCUT2D eigenvalue weighted by atomic mass is 16.5. The standard InChI is InChI=1S/C26H28N4O2/c1-16(2)20-8-10-21(11-9-20)27-23(31)15-32-24-14-18(4)25-19(5)29-30(26(25)28-24)22-12-6-17(3)7-13-22/h6-14,16H,15H2,1-5H3,(H,27,31). The third kappa shape index (κ3) is 4.49. The quantitative estimate of drug-likeness (QED) is 0.441. The molecule has 0 saturated carbocycles. The average molecular weight is 429 g/mol. The zero-order valence-corrected chi connectivity index (χ0v) is 19.1. The number of fused-ring (bicyclic) bond motifs is 1. The first-order valence-corrected chi connectivity index (χ1v) is 10.8. The van der Waals surface area contributed by atoms with Gasteiger partial charge in [-0.1, -0.05) is 43.7 Å². The highest BCUT2D eigenvalue weighted by Gasteiger charge is 2.15. The second-order valence-corrected chi connectivity index (χ2v) is 8.42. The zero-order valence-electron chi connectivity index (χ0n) is 19.1. The smallest absolute Gasteiger partial charge is 0.262 e. The lowest BCUT2D eigenvalue weighted by Gasteiger charge is -2.10. The van der Waals surface area contributed by atoms with Gasteiger partial charge in [-0.05, 0) is 62.1 Å². The lowest BCUT2D eigenvalue weighted by atomic mass is 10.0. The molecule has 0 bridgehead atoms. The minimum Gasteiger partial charge on any atom is -0.467 e. The summed E-state index contributed by atoms with van der Waals surface area (Å²) >= 11 is 0. The van der Waals surface area contributed by atoms with E-state index in [2.05, 4.69) is 29.2 Å². The van der Waals surface area contributed by atoms with Gasteiger partial charge in [0.1, 0.15) is 0 Å². The van der Waals surface area contributed by atoms with Crippen molar-refractivity contribution in [1.29, 1.82) is 0 Å². The lowest BCUT2D eigenvalue weighted by Crippen LogP contribution is -2.20. The Morgan fingerprint density at radius 3 is 2.38 bits per heavy atom. The van der Waals surface area contributed by atoms with Crippen LogP contribution in [0.3, 0.4) is 0 Å². The van der Waals surface area contributed by atoms with Crippen molar-refractivity contribution in [1.82, 2.24) is 14.8 Å². The number of carbonyl (C=O) groups is 1. The van der Waals surface area contributed by atoms with Crippen LogP contribution in [0.25, 0.3) is 16.7 Å². The molecule has 164 valence electrons. The molecule has 0 saturated heterocycles. The van der Waals surface area contributed by atoms with Crippen molar-refractivity contribution in [3.63, 3.8) is 0 Å². The molecule has 1 N–H and O–H groups in total. The molecule has 6 nitrogen and oxygen atoms in total. The van der Waals surface area contributed by atoms with Crippen LogP contribution >= 0.6 is 0 Å². The highest BCUT2D eigenvalue weighted by Crippen LogP contribution is 2.27. The van der Waals surface area contributed by atoms with E-state index in [9.17, 15) is 4.79 Å². The molecule has 0 aliphatic heterocycles. The number of ether oxygens (including phenoxy) is 1. The molecule has 0 spiro atoms. The Kier molecular flexibility index (Phi) is 5.95. The summed E-state index contributed by atoms with van der Waals surface area (Å²) in [6.45, 7) is 10.2. The predicted octanol–water partition coefficient (Wildman–Crippen LogP) is 5.49. The fourth-order valence-corrected chi connectivity index (χ4v) is 3.70. The van der Waals surface area contributed by atoms with Crippen molar-refractivity contribution >= 4 is 22.6 Å². The van der Waals surface area contributed by atoms with Gasteiger partial charge in [-0.15, -0.1) is 0 Å². The Morgan fingerprint density at radius 1 is 1.03 bits per heavy atom. The van der Waals surface area contributed by atoms with Gasteiger partial charge in [-0.3, -0.25) is 4.79 Å². The summed E-state index contributed by atoms with van der Waals surface area (Å²) in [6, 6.07) is 17.8. The van der Waals surface area contributed by atoms with E-state index in [4.69, 9.17) is 4.74 Å². The molecule has 32 heavy (non-hydrogen) atoms. The Balaban J connectivity index is 1.52. The van der Waals surface area contributed by atoms with Crippen LogP contribution in [0.5, 0.6) is 5.88 Å². The van der Waals surface area contributed by atoms with E-state index >= 15 is 0 Å². The summed E-state index contributed by atoms with van der Waals surface area (Å²) in [7, 11) is 0. The largest absolute Gasteiger partial charge is 0.467 e. The SMILES string of the molecule is Cc1ccc(-n2nc(C)c3c(C)cc(OCC(=O)Nc4ccc(C(C)C)cc4)nc32)cc1. The van der Waals surface area contributed by atoms with Crippen molar-refractivity contribution in [3.05, 3.63) is 77.0 Å². The van der Waals surface area contributed by atoms with E-state index in [1.165, 1.54) is 11.1 Å². The minimum atomic E-state index is -0.231. The summed E-state index contributed by atoms with van der Waals surface area (Å²) in [5, 5.41) is 8.54. The number of aryl methyl sites for hydroxylation is 3. The van der Waals surface area contributed by atoms with E-state index in [1.807, 2.05) is 80.1 Å². The summed E-state index contributed by atoms with van der Waals surface area (Å²) in [6.07, 6.45) is 0. The molecule has 0 aliphatic rings. The van der Waals surface area contributed by atoms with Crippen molar-refractivity contribution in [2.75, 3.05) is 11.9 Å². The van der Waals surface area contributed by atoms with Gasteiger partial charge in [-0.2, -0.15) is 10.1 Å². The summed E-state index contributed by atoms with van der Waals surface area (Å²) in [5.74, 6) is 0.614. The molecule has 2 aromatic carbocycles. The Morgan fingerprint density at radius 2 is 1.72 bits per heavy atom. The minimum absolute atomic E-state index is 0.123. The Bertz CT molecular complexity index is 1260. The van der Waals surface area contributed by atoms with Gasteiger partial charge >= 0.3 is 0 Å². The summed E-state index contributed by atoms with van der Waals surface area (Å²) in [4.78, 5) is 17.1. The topological polar surface area (TPSA) is 69.0 Å². The maximum absolute atomic E-state index is 12.4. The van der Waals surface area contributed by atoms with Gasteiger partial charge in [0.2, 0.25) is 5.88 Å². The van der Waals surface area contributed by atoms with Crippen LogP contribution in [-0.2, 0) is 4.79 Å². The van der Waals surface area contributed by atoms with E-state index in [0.717, 1.165) is 28.0 Å². The molecule has 0 fully saturated rings. The molecule has 6 heteroatoms. The van der Waals surface area contributed by atoms with Crippen molar-refractivity contribution in [2.24, 2.45) is 0 Å². The Labute approximate surface area is 188 Å². The number of anilines is 1. The molecule has 0 atom stereocenters. The molecule has 2 heterocycles. The molecule has 4 aromatic rings. The van der Waals surface area contributed by atoms with Crippen LogP contribution in [0.15, 0.2) is 54.6 Å². The second-order valence-electron chi connectivity index (χ2n) is 8.42. The van der Waals surface area contributed by atoms with Gasteiger partial charge in [0, 0.05) is 17.1 Å². The first-order valence-electron chi connectivity index (χ1n) is 10.8. The average Bonchev–Trinajstić information content (AvgIpc) is 3.10. The Hall–Kier alpha value is -3.67. The monoisotopic (exact) mass is 428 g/mol. The third-order valence-corrected chi connectivity index (χ3v) is 5.48. The van der Waals surface area contributed by atoms with Crippen LogP contribution in [-0.4, -0.2) is 27.3 Å². The fourth-order valence-electron chi connectivity index (χ4n) is 3.70. The molecule has 0 aliphatic carbocycles. The summed E-state index contributed by atoms with van der Waals surface area (Å²) in [5.41, 5.74) is 6.71. The fraction of sp³-hybridized carbons (Fsp3) is 0.269. The van der Waals surface area contributed by atoms with Gasteiger partial charge in [0.25, 0.3) is 5.91 Å². The van der Waals surface area contributed by atoms with E-state index < -0.39 is 0 Å². The number of aromatic nitrogens is 3. The molecular formula is C26H28N4O2. The molecule has 0 unspecified atom stereocenters. The van der Waals surface area contributed by atoms with Gasteiger partial charge in [0.05, 0.1) is 11.4 Å². The first-order chi connectivity index (χ1) is 15.3. The maximum atomic E-state index is 12.4. The highest BCUT2D eigenvalue weighted by molar-refractivity contribution is 5.92. The van der Waals surface area contributed by atoms with Crippen molar-refractivity contribution in [3.8, 4) is 11.6 Å². The normalized spacial score (nSPS) is 11.2. The number of benzene rings is 2. The van der Waals surface area contributed by atoms with Crippen molar-refractivity contribution < 1.29 is 9.53 Å². The molecule has 1 amide bonds. The second kappa shape index (κ2) is 8.83. The molecule has 2 aromatic heterocycles.